The van der Waals surface area contributed by atoms with Crippen LogP contribution in [0.15, 0.2) is 35.9 Å². The molecule has 0 aromatic heterocycles. The molecule has 1 aliphatic rings. The number of rotatable bonds is 6. The van der Waals surface area contributed by atoms with Gasteiger partial charge in [-0.15, -0.1) is 0 Å². The summed E-state index contributed by atoms with van der Waals surface area (Å²) in [4.78, 5) is 0. The van der Waals surface area contributed by atoms with Crippen LogP contribution < -0.4 is 0 Å². The molecule has 0 amide bonds. The Kier molecular flexibility index (Phi) is 6.26. The van der Waals surface area contributed by atoms with Crippen molar-refractivity contribution >= 4 is 0 Å². The summed E-state index contributed by atoms with van der Waals surface area (Å²) in [6, 6.07) is 6.15. The van der Waals surface area contributed by atoms with E-state index in [-0.39, 0.29) is 17.6 Å². The first-order valence-corrected chi connectivity index (χ1v) is 9.06. The molecular formula is C22H29NO. The molecule has 2 nitrogen and oxygen atoms in total. The van der Waals surface area contributed by atoms with Crippen molar-refractivity contribution in [2.24, 2.45) is 5.92 Å². The standard InChI is InChI=1S/C22H29NO/c1-5-6-7-8-17-12-18(14-23)22(21(24)13-17)20-11-16(4)9-10-19(20)15(2)3/h11-13,19-20,24H,2,5-10H2,1,3-4H3/t19-,20+/m0/s1. The SMILES string of the molecule is C=C(C)[C@@H]1CCC(C)=C[C@H]1c1c(O)cc(CCCCC)cc1C#N. The van der Waals surface area contributed by atoms with Crippen LogP contribution in [0.5, 0.6) is 5.75 Å². The summed E-state index contributed by atoms with van der Waals surface area (Å²) in [6.07, 6.45) is 8.66. The van der Waals surface area contributed by atoms with Crippen LogP contribution in [0, 0.1) is 17.2 Å². The predicted molar refractivity (Wildman–Crippen MR) is 100 cm³/mol. The van der Waals surface area contributed by atoms with Crippen molar-refractivity contribution in [3.63, 3.8) is 0 Å². The van der Waals surface area contributed by atoms with Gasteiger partial charge < -0.3 is 5.11 Å². The number of benzene rings is 1. The Morgan fingerprint density at radius 3 is 2.75 bits per heavy atom. The van der Waals surface area contributed by atoms with Gasteiger partial charge in [0.15, 0.2) is 0 Å². The molecule has 1 aliphatic carbocycles. The van der Waals surface area contributed by atoms with Gasteiger partial charge in [0.2, 0.25) is 0 Å². The number of aryl methyl sites for hydroxylation is 1. The van der Waals surface area contributed by atoms with E-state index in [0.29, 0.717) is 5.56 Å². The van der Waals surface area contributed by atoms with E-state index in [9.17, 15) is 10.4 Å². The maximum absolute atomic E-state index is 10.7. The first-order valence-electron chi connectivity index (χ1n) is 9.06. The second-order valence-corrected chi connectivity index (χ2v) is 7.18. The molecule has 0 saturated heterocycles. The van der Waals surface area contributed by atoms with Crippen molar-refractivity contribution in [1.82, 2.24) is 0 Å². The number of nitrogens with zero attached hydrogens (tertiary/aromatic N) is 1. The fourth-order valence-electron chi connectivity index (χ4n) is 3.77. The highest BCUT2D eigenvalue weighted by Gasteiger charge is 2.29. The van der Waals surface area contributed by atoms with Gasteiger partial charge in [-0.05, 0) is 63.1 Å². The third kappa shape index (κ3) is 4.09. The summed E-state index contributed by atoms with van der Waals surface area (Å²) >= 11 is 0. The third-order valence-corrected chi connectivity index (χ3v) is 5.12. The molecule has 128 valence electrons. The predicted octanol–water partition coefficient (Wildman–Crippen LogP) is 6.01. The summed E-state index contributed by atoms with van der Waals surface area (Å²) in [5, 5.41) is 20.3. The normalized spacial score (nSPS) is 20.3. The number of allylic oxidation sites excluding steroid dienone is 3. The van der Waals surface area contributed by atoms with Crippen molar-refractivity contribution in [2.75, 3.05) is 0 Å². The molecule has 1 aromatic rings. The molecule has 0 heterocycles. The number of unbranched alkanes of at least 4 members (excludes halogenated alkanes) is 2. The van der Waals surface area contributed by atoms with Crippen LogP contribution in [0.1, 0.15) is 75.5 Å². The molecule has 0 unspecified atom stereocenters. The van der Waals surface area contributed by atoms with Crippen molar-refractivity contribution in [1.29, 1.82) is 5.26 Å². The quantitative estimate of drug-likeness (QED) is 0.514. The zero-order valence-electron chi connectivity index (χ0n) is 15.2. The lowest BCUT2D eigenvalue weighted by Gasteiger charge is -2.31. The minimum Gasteiger partial charge on any atom is -0.508 e. The molecule has 0 aliphatic heterocycles. The molecule has 0 spiro atoms. The van der Waals surface area contributed by atoms with E-state index in [4.69, 9.17) is 0 Å². The number of hydrogen-bond donors (Lipinski definition) is 1. The van der Waals surface area contributed by atoms with Crippen LogP contribution in [0.25, 0.3) is 0 Å². The summed E-state index contributed by atoms with van der Waals surface area (Å²) < 4.78 is 0. The van der Waals surface area contributed by atoms with E-state index in [1.807, 2.05) is 19.1 Å². The molecule has 0 saturated carbocycles. The lowest BCUT2D eigenvalue weighted by molar-refractivity contribution is 0.435. The van der Waals surface area contributed by atoms with E-state index in [1.165, 1.54) is 18.4 Å². The van der Waals surface area contributed by atoms with Gasteiger partial charge in [0.25, 0.3) is 0 Å². The lowest BCUT2D eigenvalue weighted by atomic mass is 9.73. The Morgan fingerprint density at radius 1 is 1.38 bits per heavy atom. The monoisotopic (exact) mass is 323 g/mol. The van der Waals surface area contributed by atoms with Crippen LogP contribution >= 0.6 is 0 Å². The van der Waals surface area contributed by atoms with E-state index >= 15 is 0 Å². The molecule has 0 radical (unpaired) electrons. The van der Waals surface area contributed by atoms with Crippen molar-refractivity contribution < 1.29 is 5.11 Å². The van der Waals surface area contributed by atoms with E-state index in [2.05, 4.69) is 32.6 Å². The second kappa shape index (κ2) is 8.20. The van der Waals surface area contributed by atoms with Gasteiger partial charge in [-0.3, -0.25) is 0 Å². The van der Waals surface area contributed by atoms with E-state index in [0.717, 1.165) is 42.4 Å². The smallest absolute Gasteiger partial charge is 0.120 e. The number of nitriles is 1. The first kappa shape index (κ1) is 18.3. The molecule has 1 N–H and O–H groups in total. The number of phenols is 1. The largest absolute Gasteiger partial charge is 0.508 e. The average molecular weight is 323 g/mol. The highest BCUT2D eigenvalue weighted by atomic mass is 16.3. The number of aromatic hydroxyl groups is 1. The Hall–Kier alpha value is -2.01. The number of hydrogen-bond acceptors (Lipinski definition) is 2. The van der Waals surface area contributed by atoms with Gasteiger partial charge in [0.1, 0.15) is 5.75 Å². The van der Waals surface area contributed by atoms with Crippen molar-refractivity contribution in [3.8, 4) is 11.8 Å². The molecule has 0 fully saturated rings. The van der Waals surface area contributed by atoms with E-state index in [1.54, 1.807) is 0 Å². The number of phenolic OH excluding ortho intramolecular Hbond substituents is 1. The van der Waals surface area contributed by atoms with Crippen molar-refractivity contribution in [2.45, 2.75) is 65.2 Å². The minimum atomic E-state index is 0.0515. The fourth-order valence-corrected chi connectivity index (χ4v) is 3.77. The van der Waals surface area contributed by atoms with Gasteiger partial charge in [-0.1, -0.05) is 43.6 Å². The molecule has 0 bridgehead atoms. The second-order valence-electron chi connectivity index (χ2n) is 7.18. The zero-order valence-corrected chi connectivity index (χ0v) is 15.2. The molecule has 24 heavy (non-hydrogen) atoms. The molecule has 1 aromatic carbocycles. The fraction of sp³-hybridized carbons (Fsp3) is 0.500. The Balaban J connectivity index is 2.43. The maximum atomic E-state index is 10.7. The van der Waals surface area contributed by atoms with Gasteiger partial charge in [-0.2, -0.15) is 5.26 Å². The first-order chi connectivity index (χ1) is 11.5. The summed E-state index contributed by atoms with van der Waals surface area (Å²) in [7, 11) is 0. The summed E-state index contributed by atoms with van der Waals surface area (Å²) in [6.45, 7) is 10.5. The van der Waals surface area contributed by atoms with Crippen molar-refractivity contribution in [3.05, 3.63) is 52.6 Å². The Morgan fingerprint density at radius 2 is 2.12 bits per heavy atom. The van der Waals surface area contributed by atoms with Gasteiger partial charge in [0, 0.05) is 11.5 Å². The summed E-state index contributed by atoms with van der Waals surface area (Å²) in [5.41, 5.74) is 4.91. The molecule has 2 atom stereocenters. The van der Waals surface area contributed by atoms with Crippen LogP contribution in [-0.2, 0) is 6.42 Å². The van der Waals surface area contributed by atoms with Gasteiger partial charge >= 0.3 is 0 Å². The Labute approximate surface area is 146 Å². The lowest BCUT2D eigenvalue weighted by Crippen LogP contribution is -2.18. The molecule has 2 rings (SSSR count). The average Bonchev–Trinajstić information content (AvgIpc) is 2.54. The minimum absolute atomic E-state index is 0.0515. The highest BCUT2D eigenvalue weighted by Crippen LogP contribution is 2.44. The zero-order chi connectivity index (χ0) is 17.7. The Bertz CT molecular complexity index is 678. The topological polar surface area (TPSA) is 44.0 Å². The van der Waals surface area contributed by atoms with Gasteiger partial charge in [-0.25, -0.2) is 0 Å². The van der Waals surface area contributed by atoms with Crippen LogP contribution in [0.2, 0.25) is 0 Å². The van der Waals surface area contributed by atoms with E-state index < -0.39 is 0 Å². The molecular weight excluding hydrogens is 294 g/mol. The highest BCUT2D eigenvalue weighted by molar-refractivity contribution is 5.53. The van der Waals surface area contributed by atoms with Crippen LogP contribution in [-0.4, -0.2) is 5.11 Å². The molecule has 2 heteroatoms. The summed E-state index contributed by atoms with van der Waals surface area (Å²) in [5.74, 6) is 0.607. The van der Waals surface area contributed by atoms with Gasteiger partial charge in [0.05, 0.1) is 11.6 Å². The van der Waals surface area contributed by atoms with Crippen LogP contribution in [0.4, 0.5) is 0 Å². The maximum Gasteiger partial charge on any atom is 0.120 e. The van der Waals surface area contributed by atoms with Crippen LogP contribution in [0.3, 0.4) is 0 Å². The third-order valence-electron chi connectivity index (χ3n) is 5.12.